The van der Waals surface area contributed by atoms with Crippen LogP contribution in [0.15, 0.2) is 12.2 Å². The summed E-state index contributed by atoms with van der Waals surface area (Å²) in [4.78, 5) is 22.9. The number of carboxylic acids is 1. The summed E-state index contributed by atoms with van der Waals surface area (Å²) < 4.78 is 4.97. The van der Waals surface area contributed by atoms with Gasteiger partial charge < -0.3 is 9.63 Å². The fraction of sp³-hybridized carbons (Fsp3) is 0.600. The zero-order valence-corrected chi connectivity index (χ0v) is 9.76. The van der Waals surface area contributed by atoms with E-state index in [0.29, 0.717) is 0 Å². The molecule has 16 heavy (non-hydrogen) atoms. The number of hydrogen-bond acceptors (Lipinski definition) is 3. The van der Waals surface area contributed by atoms with Crippen molar-refractivity contribution in [2.24, 2.45) is 23.7 Å². The lowest BCUT2D eigenvalue weighted by Crippen LogP contribution is -2.33. The number of carboxylic acid groups (broad SMARTS) is 1. The van der Waals surface area contributed by atoms with E-state index in [4.69, 9.17) is 17.2 Å². The number of carbonyl (C=O) groups excluding carboxylic acids is 1. The van der Waals surface area contributed by atoms with Crippen LogP contribution in [0.1, 0.15) is 6.42 Å². The molecule has 0 aromatic rings. The van der Waals surface area contributed by atoms with Crippen LogP contribution >= 0.6 is 8.03 Å². The molecule has 5 atom stereocenters. The van der Waals surface area contributed by atoms with Gasteiger partial charge in [-0.2, -0.15) is 0 Å². The first-order valence-electron chi connectivity index (χ1n) is 5.12. The molecule has 0 aliphatic heterocycles. The standard InChI is InChI=1S/C10H12BO4P/c1-16(11)15-10(14)8-6-3-2-5(4-6)7(8)9(12)13/h2-3,5-8H,4H2,1H3,(H,12,13)/t5?,6?,7-,8+,16?/m1/s1. The largest absolute Gasteiger partial charge is 0.481 e. The summed E-state index contributed by atoms with van der Waals surface area (Å²) in [6, 6.07) is 0. The Hall–Kier alpha value is -0.825. The number of fused-ring (bicyclic) bond motifs is 2. The number of aliphatic carboxylic acids is 1. The fourth-order valence-corrected chi connectivity index (χ4v) is 3.09. The molecule has 2 radical (unpaired) electrons. The van der Waals surface area contributed by atoms with Gasteiger partial charge in [0, 0.05) is 8.03 Å². The third-order valence-electron chi connectivity index (χ3n) is 3.25. The van der Waals surface area contributed by atoms with E-state index in [2.05, 4.69) is 0 Å². The second-order valence-electron chi connectivity index (χ2n) is 4.29. The van der Waals surface area contributed by atoms with Crippen LogP contribution in [0.4, 0.5) is 0 Å². The van der Waals surface area contributed by atoms with Crippen molar-refractivity contribution < 1.29 is 19.2 Å². The van der Waals surface area contributed by atoms with Crippen molar-refractivity contribution in [2.75, 3.05) is 6.66 Å². The second kappa shape index (κ2) is 4.21. The van der Waals surface area contributed by atoms with Gasteiger partial charge in [-0.15, -0.1) is 0 Å². The van der Waals surface area contributed by atoms with E-state index in [1.165, 1.54) is 0 Å². The Morgan fingerprint density at radius 1 is 1.38 bits per heavy atom. The Kier molecular flexibility index (Phi) is 3.07. The third-order valence-corrected chi connectivity index (χ3v) is 3.72. The van der Waals surface area contributed by atoms with Crippen molar-refractivity contribution in [2.45, 2.75) is 6.42 Å². The molecule has 0 amide bonds. The molecule has 2 bridgehead atoms. The highest BCUT2D eigenvalue weighted by atomic mass is 31.1. The molecule has 2 rings (SSSR count). The molecule has 84 valence electrons. The summed E-state index contributed by atoms with van der Waals surface area (Å²) in [5, 5.41) is 9.12. The van der Waals surface area contributed by atoms with Gasteiger partial charge in [-0.1, -0.05) is 12.2 Å². The van der Waals surface area contributed by atoms with Gasteiger partial charge >= 0.3 is 11.9 Å². The molecule has 6 heteroatoms. The molecule has 2 aliphatic rings. The number of rotatable bonds is 3. The Morgan fingerprint density at radius 3 is 2.44 bits per heavy atom. The molecule has 1 fully saturated rings. The second-order valence-corrected chi connectivity index (χ2v) is 5.57. The van der Waals surface area contributed by atoms with Crippen molar-refractivity contribution in [3.05, 3.63) is 12.2 Å². The predicted octanol–water partition coefficient (Wildman–Crippen LogP) is 1.16. The van der Waals surface area contributed by atoms with Gasteiger partial charge in [0.1, 0.15) is 0 Å². The first-order chi connectivity index (χ1) is 7.50. The SMILES string of the molecule is [B]P(C)OC(=O)[C@H]1C2C=CC(C2)[C@H]1C(=O)O. The highest BCUT2D eigenvalue weighted by molar-refractivity contribution is 7.77. The minimum absolute atomic E-state index is 0.00792. The zero-order chi connectivity index (χ0) is 11.9. The Labute approximate surface area is 96.2 Å². The molecule has 3 unspecified atom stereocenters. The van der Waals surface area contributed by atoms with Crippen LogP contribution in [-0.2, 0) is 14.1 Å². The quantitative estimate of drug-likeness (QED) is 0.455. The summed E-state index contributed by atoms with van der Waals surface area (Å²) >= 11 is 0. The van der Waals surface area contributed by atoms with Gasteiger partial charge in [0.2, 0.25) is 0 Å². The molecular formula is C10H12BO4P. The van der Waals surface area contributed by atoms with Gasteiger partial charge in [0.25, 0.3) is 0 Å². The first-order valence-corrected chi connectivity index (χ1v) is 6.89. The average Bonchev–Trinajstić information content (AvgIpc) is 2.74. The molecule has 0 spiro atoms. The smallest absolute Gasteiger partial charge is 0.312 e. The Bertz CT molecular complexity index is 355. The van der Waals surface area contributed by atoms with E-state index in [1.54, 1.807) is 6.66 Å². The maximum Gasteiger partial charge on any atom is 0.312 e. The monoisotopic (exact) mass is 238 g/mol. The van der Waals surface area contributed by atoms with Crippen molar-refractivity contribution in [1.29, 1.82) is 0 Å². The number of hydrogen-bond donors (Lipinski definition) is 1. The zero-order valence-electron chi connectivity index (χ0n) is 8.87. The summed E-state index contributed by atoms with van der Waals surface area (Å²) in [5.41, 5.74) is 0. The van der Waals surface area contributed by atoms with Crippen LogP contribution in [-0.4, -0.2) is 31.3 Å². The lowest BCUT2D eigenvalue weighted by atomic mass is 9.83. The highest BCUT2D eigenvalue weighted by Gasteiger charge is 2.52. The molecule has 0 aromatic carbocycles. The van der Waals surface area contributed by atoms with Crippen LogP contribution in [0.2, 0.25) is 0 Å². The molecule has 1 saturated carbocycles. The van der Waals surface area contributed by atoms with E-state index in [-0.39, 0.29) is 11.8 Å². The van der Waals surface area contributed by atoms with Crippen LogP contribution < -0.4 is 0 Å². The van der Waals surface area contributed by atoms with Crippen LogP contribution in [0.3, 0.4) is 0 Å². The first kappa shape index (κ1) is 11.7. The summed E-state index contributed by atoms with van der Waals surface area (Å²) in [5.74, 6) is -2.59. The molecule has 0 heterocycles. The minimum Gasteiger partial charge on any atom is -0.481 e. The Morgan fingerprint density at radius 2 is 1.94 bits per heavy atom. The van der Waals surface area contributed by atoms with Crippen molar-refractivity contribution in [3.63, 3.8) is 0 Å². The number of carbonyl (C=O) groups is 2. The molecular weight excluding hydrogens is 226 g/mol. The van der Waals surface area contributed by atoms with Crippen molar-refractivity contribution >= 4 is 27.5 Å². The topological polar surface area (TPSA) is 63.6 Å². The summed E-state index contributed by atoms with van der Waals surface area (Å²) in [6.07, 6.45) is 4.55. The van der Waals surface area contributed by atoms with E-state index >= 15 is 0 Å². The average molecular weight is 238 g/mol. The molecule has 2 aliphatic carbocycles. The van der Waals surface area contributed by atoms with Gasteiger partial charge in [-0.3, -0.25) is 9.59 Å². The minimum atomic E-state index is -1.27. The van der Waals surface area contributed by atoms with Gasteiger partial charge in [0.15, 0.2) is 7.57 Å². The predicted molar refractivity (Wildman–Crippen MR) is 60.0 cm³/mol. The van der Waals surface area contributed by atoms with Crippen molar-refractivity contribution in [1.82, 2.24) is 0 Å². The normalized spacial score (nSPS) is 37.3. The van der Waals surface area contributed by atoms with E-state index in [0.717, 1.165) is 6.42 Å². The molecule has 0 aromatic heterocycles. The molecule has 4 nitrogen and oxygen atoms in total. The van der Waals surface area contributed by atoms with Crippen LogP contribution in [0, 0.1) is 23.7 Å². The number of allylic oxidation sites excluding steroid dienone is 2. The lowest BCUT2D eigenvalue weighted by molar-refractivity contribution is -0.152. The van der Waals surface area contributed by atoms with Gasteiger partial charge in [0.05, 0.1) is 11.8 Å². The van der Waals surface area contributed by atoms with Crippen LogP contribution in [0.25, 0.3) is 0 Å². The Balaban J connectivity index is 2.16. The third kappa shape index (κ3) is 1.89. The van der Waals surface area contributed by atoms with E-state index in [9.17, 15) is 9.59 Å². The molecule has 0 saturated heterocycles. The molecule has 1 N–H and O–H groups in total. The van der Waals surface area contributed by atoms with E-state index < -0.39 is 31.8 Å². The van der Waals surface area contributed by atoms with Crippen LogP contribution in [0.5, 0.6) is 0 Å². The maximum absolute atomic E-state index is 11.8. The highest BCUT2D eigenvalue weighted by Crippen LogP contribution is 2.49. The van der Waals surface area contributed by atoms with Crippen molar-refractivity contribution in [3.8, 4) is 0 Å². The fourth-order valence-electron chi connectivity index (χ4n) is 2.68. The van der Waals surface area contributed by atoms with Gasteiger partial charge in [-0.25, -0.2) is 0 Å². The van der Waals surface area contributed by atoms with Gasteiger partial charge in [-0.05, 0) is 24.9 Å². The summed E-state index contributed by atoms with van der Waals surface area (Å²) in [6.45, 7) is 1.62. The summed E-state index contributed by atoms with van der Waals surface area (Å²) in [7, 11) is 4.17. The maximum atomic E-state index is 11.8. The van der Waals surface area contributed by atoms with E-state index in [1.807, 2.05) is 12.2 Å². The lowest BCUT2D eigenvalue weighted by Gasteiger charge is -2.24.